The molecule has 0 N–H and O–H groups in total. The van der Waals surface area contributed by atoms with Gasteiger partial charge in [0.1, 0.15) is 12.2 Å². The molecule has 0 amide bonds. The molecule has 0 aliphatic heterocycles. The first kappa shape index (κ1) is 27.0. The van der Waals surface area contributed by atoms with Crippen molar-refractivity contribution in [1.82, 2.24) is 0 Å². The third-order valence-electron chi connectivity index (χ3n) is 1.87. The van der Waals surface area contributed by atoms with E-state index in [-0.39, 0.29) is 29.0 Å². The molecule has 0 bridgehead atoms. The van der Waals surface area contributed by atoms with Gasteiger partial charge in [-0.3, -0.25) is 9.59 Å². The normalized spacial score (nSPS) is 12.1. The van der Waals surface area contributed by atoms with E-state index in [0.29, 0.717) is 6.61 Å². The standard InChI is InChI=1S/C6H10O3.3C4H9O.Ti/c1-3-9-6(8)4-5(2)7;3*1-4(2,3)5;/h3-4H2,1-2H3;3*1-3H3;/q;3*-1;+3. The molecule has 0 saturated carbocycles. The van der Waals surface area contributed by atoms with Crippen LogP contribution in [0.25, 0.3) is 0 Å². The Morgan fingerprint density at radius 2 is 1.08 bits per heavy atom. The summed E-state index contributed by atoms with van der Waals surface area (Å²) in [6, 6.07) is 0. The van der Waals surface area contributed by atoms with Crippen LogP contribution in [0.1, 0.15) is 82.6 Å². The van der Waals surface area contributed by atoms with Crippen LogP contribution >= 0.6 is 0 Å². The van der Waals surface area contributed by atoms with Crippen LogP contribution in [-0.2, 0) is 43.3 Å². The van der Waals surface area contributed by atoms with E-state index in [2.05, 4.69) is 4.74 Å². The van der Waals surface area contributed by atoms with Gasteiger partial charge in [-0.15, -0.1) is 0 Å². The fourth-order valence-corrected chi connectivity index (χ4v) is 3.77. The summed E-state index contributed by atoms with van der Waals surface area (Å²) < 4.78 is 22.2. The molecule has 7 heteroatoms. The van der Waals surface area contributed by atoms with Crippen LogP contribution in [0.5, 0.6) is 0 Å². The third kappa shape index (κ3) is 23.7. The largest absolute Gasteiger partial charge is 0.466 e. The SMILES string of the molecule is CC(C)(C)[O][Ti]([O]C(C)(C)C)[O]C(C)(C)C.CCOC(=O)CC(C)=O. The number of hydrogen-bond acceptors (Lipinski definition) is 6. The average molecular weight is 397 g/mol. The van der Waals surface area contributed by atoms with Crippen molar-refractivity contribution in [2.45, 2.75) is 99.4 Å². The molecule has 0 aromatic rings. The van der Waals surface area contributed by atoms with Crippen molar-refractivity contribution < 1.29 is 43.3 Å². The second kappa shape index (κ2) is 11.4. The molecular formula is C18H37O6Ti. The summed E-state index contributed by atoms with van der Waals surface area (Å²) in [5.74, 6) is -0.599. The smallest absolute Gasteiger partial charge is 0.313 e. The van der Waals surface area contributed by atoms with Gasteiger partial charge in [-0.25, -0.2) is 0 Å². The van der Waals surface area contributed by atoms with E-state index in [9.17, 15) is 9.59 Å². The second-order valence-electron chi connectivity index (χ2n) is 8.58. The van der Waals surface area contributed by atoms with Crippen LogP contribution in [0, 0.1) is 0 Å². The number of ketones is 1. The summed E-state index contributed by atoms with van der Waals surface area (Å²) in [4.78, 5) is 20.6. The monoisotopic (exact) mass is 397 g/mol. The Bertz CT molecular complexity index is 363. The Morgan fingerprint density at radius 1 is 0.760 bits per heavy atom. The summed E-state index contributed by atoms with van der Waals surface area (Å²) in [5.41, 5.74) is -0.649. The summed E-state index contributed by atoms with van der Waals surface area (Å²) >= 11 is -2.40. The first-order chi connectivity index (χ1) is 10.9. The maximum Gasteiger partial charge on any atom is 0.313 e. The summed E-state index contributed by atoms with van der Waals surface area (Å²) in [7, 11) is 0. The molecule has 0 heterocycles. The van der Waals surface area contributed by atoms with Crippen molar-refractivity contribution >= 4 is 11.8 Å². The minimum atomic E-state index is -2.40. The predicted molar refractivity (Wildman–Crippen MR) is 94.4 cm³/mol. The summed E-state index contributed by atoms with van der Waals surface area (Å²) in [6.45, 7) is 21.6. The Morgan fingerprint density at radius 3 is 1.28 bits per heavy atom. The molecule has 149 valence electrons. The van der Waals surface area contributed by atoms with Crippen LogP contribution in [-0.4, -0.2) is 35.2 Å². The van der Waals surface area contributed by atoms with Crippen molar-refractivity contribution in [2.75, 3.05) is 6.61 Å². The number of ether oxygens (including phenoxy) is 1. The van der Waals surface area contributed by atoms with E-state index < -0.39 is 25.0 Å². The molecule has 0 spiro atoms. The molecule has 0 radical (unpaired) electrons. The maximum absolute atomic E-state index is 10.4. The number of Topliss-reactive ketones (excluding diaryl/α,β-unsaturated/α-hetero) is 1. The van der Waals surface area contributed by atoms with E-state index in [1.165, 1.54) is 6.92 Å². The van der Waals surface area contributed by atoms with Gasteiger partial charge in [0.2, 0.25) is 0 Å². The molecule has 0 unspecified atom stereocenters. The van der Waals surface area contributed by atoms with Crippen LogP contribution < -0.4 is 0 Å². The molecular weight excluding hydrogens is 360 g/mol. The zero-order valence-corrected chi connectivity index (χ0v) is 19.4. The number of carbonyl (C=O) groups is 2. The fraction of sp³-hybridized carbons (Fsp3) is 0.889. The van der Waals surface area contributed by atoms with Crippen molar-refractivity contribution in [2.24, 2.45) is 0 Å². The van der Waals surface area contributed by atoms with Gasteiger partial charge < -0.3 is 4.74 Å². The molecule has 0 saturated heterocycles. The molecule has 0 aromatic carbocycles. The van der Waals surface area contributed by atoms with Crippen molar-refractivity contribution in [3.8, 4) is 0 Å². The third-order valence-corrected chi connectivity index (χ3v) is 5.52. The topological polar surface area (TPSA) is 71.1 Å². The van der Waals surface area contributed by atoms with E-state index >= 15 is 0 Å². The molecule has 0 aliphatic carbocycles. The van der Waals surface area contributed by atoms with Crippen molar-refractivity contribution in [3.63, 3.8) is 0 Å². The number of carbonyl (C=O) groups excluding carboxylic acids is 2. The van der Waals surface area contributed by atoms with Gasteiger partial charge in [-0.05, 0) is 13.8 Å². The van der Waals surface area contributed by atoms with E-state index in [4.69, 9.17) is 9.96 Å². The Labute approximate surface area is 161 Å². The van der Waals surface area contributed by atoms with Gasteiger partial charge in [0, 0.05) is 0 Å². The van der Waals surface area contributed by atoms with Crippen LogP contribution in [0.2, 0.25) is 0 Å². The zero-order valence-electron chi connectivity index (χ0n) is 17.9. The number of esters is 1. The first-order valence-corrected chi connectivity index (χ1v) is 10.5. The van der Waals surface area contributed by atoms with Crippen LogP contribution in [0.15, 0.2) is 0 Å². The Kier molecular flexibility index (Phi) is 12.3. The quantitative estimate of drug-likeness (QED) is 0.378. The minimum Gasteiger partial charge on any atom is -0.466 e. The molecule has 6 nitrogen and oxygen atoms in total. The van der Waals surface area contributed by atoms with Gasteiger partial charge in [0.05, 0.1) is 6.61 Å². The predicted octanol–water partition coefficient (Wildman–Crippen LogP) is 4.32. The minimum absolute atomic E-state index is 0.103. The Hall–Kier alpha value is -0.266. The Balaban J connectivity index is 0. The van der Waals surface area contributed by atoms with Gasteiger partial charge in [-0.1, -0.05) is 0 Å². The van der Waals surface area contributed by atoms with E-state index in [1.807, 2.05) is 62.3 Å². The molecule has 0 atom stereocenters. The summed E-state index contributed by atoms with van der Waals surface area (Å²) in [6.07, 6.45) is -0.103. The van der Waals surface area contributed by atoms with E-state index in [0.717, 1.165) is 0 Å². The van der Waals surface area contributed by atoms with Gasteiger partial charge in [-0.2, -0.15) is 0 Å². The summed E-state index contributed by atoms with van der Waals surface area (Å²) in [5, 5.41) is 0. The van der Waals surface area contributed by atoms with Crippen LogP contribution in [0.4, 0.5) is 0 Å². The van der Waals surface area contributed by atoms with Gasteiger partial charge in [0.25, 0.3) is 0 Å². The van der Waals surface area contributed by atoms with Crippen molar-refractivity contribution in [3.05, 3.63) is 0 Å². The maximum atomic E-state index is 10.4. The molecule has 0 fully saturated rings. The van der Waals surface area contributed by atoms with Crippen molar-refractivity contribution in [1.29, 1.82) is 0 Å². The molecule has 0 rings (SSSR count). The number of hydrogen-bond donors (Lipinski definition) is 0. The van der Waals surface area contributed by atoms with E-state index in [1.54, 1.807) is 6.92 Å². The fourth-order valence-electron chi connectivity index (χ4n) is 1.23. The first-order valence-electron chi connectivity index (χ1n) is 8.54. The zero-order chi connectivity index (χ0) is 20.5. The van der Waals surface area contributed by atoms with Gasteiger partial charge >= 0.3 is 114 Å². The van der Waals surface area contributed by atoms with Crippen LogP contribution in [0.3, 0.4) is 0 Å². The average Bonchev–Trinajstić information content (AvgIpc) is 2.20. The molecule has 0 aromatic heterocycles. The molecule has 0 aliphatic rings. The molecule has 25 heavy (non-hydrogen) atoms. The van der Waals surface area contributed by atoms with Gasteiger partial charge in [0.15, 0.2) is 0 Å². The second-order valence-corrected chi connectivity index (χ2v) is 10.3. The number of rotatable bonds is 6.